The topological polar surface area (TPSA) is 67.3 Å². The molecule has 1 aromatic heterocycles. The molecule has 1 N–H and O–H groups in total. The first-order valence-electron chi connectivity index (χ1n) is 8.62. The number of nitrogens with zero attached hydrogens (tertiary/aromatic N) is 3. The van der Waals surface area contributed by atoms with Gasteiger partial charge in [-0.1, -0.05) is 30.3 Å². The number of anilines is 1. The van der Waals surface area contributed by atoms with E-state index in [0.29, 0.717) is 32.7 Å². The van der Waals surface area contributed by atoms with Crippen LogP contribution in [0.4, 0.5) is 5.82 Å². The number of nitrogens with one attached hydrogen (secondary N) is 1. The van der Waals surface area contributed by atoms with Crippen LogP contribution < -0.4 is 5.32 Å². The molecule has 2 heterocycles. The first-order valence-corrected chi connectivity index (χ1v) is 8.62. The average Bonchev–Trinajstić information content (AvgIpc) is 2.88. The molecule has 3 rings (SSSR count). The number of rotatable bonds is 5. The summed E-state index contributed by atoms with van der Waals surface area (Å²) >= 11 is 0. The van der Waals surface area contributed by atoms with Crippen LogP contribution >= 0.6 is 0 Å². The Labute approximate surface area is 148 Å². The molecule has 2 aromatic rings. The molecule has 1 amide bonds. The van der Waals surface area contributed by atoms with E-state index in [4.69, 9.17) is 4.74 Å². The summed E-state index contributed by atoms with van der Waals surface area (Å²) in [5.74, 6) is 1.19. The number of carbonyl (C=O) groups is 1. The Hall–Kier alpha value is -2.47. The van der Waals surface area contributed by atoms with Gasteiger partial charge >= 0.3 is 0 Å². The van der Waals surface area contributed by atoms with Gasteiger partial charge in [-0.25, -0.2) is 9.97 Å². The number of hydrogen-bond donors (Lipinski definition) is 1. The third-order valence-corrected chi connectivity index (χ3v) is 4.37. The maximum Gasteiger partial charge on any atom is 0.227 e. The van der Waals surface area contributed by atoms with Gasteiger partial charge in [0.15, 0.2) is 0 Å². The van der Waals surface area contributed by atoms with Crippen molar-refractivity contribution in [2.75, 3.05) is 38.7 Å². The Bertz CT molecular complexity index is 693. The zero-order chi connectivity index (χ0) is 17.5. The molecule has 1 aliphatic rings. The van der Waals surface area contributed by atoms with Crippen molar-refractivity contribution < 1.29 is 9.53 Å². The van der Waals surface area contributed by atoms with Gasteiger partial charge in [0.05, 0.1) is 19.6 Å². The Kier molecular flexibility index (Phi) is 5.95. The van der Waals surface area contributed by atoms with Crippen LogP contribution in [0, 0.1) is 5.92 Å². The lowest BCUT2D eigenvalue weighted by Gasteiger charge is -2.23. The Morgan fingerprint density at radius 2 is 2.16 bits per heavy atom. The molecule has 6 heteroatoms. The molecular weight excluding hydrogens is 316 g/mol. The molecule has 0 unspecified atom stereocenters. The minimum Gasteiger partial charge on any atom is -0.379 e. The number of benzene rings is 1. The largest absolute Gasteiger partial charge is 0.379 e. The monoisotopic (exact) mass is 340 g/mol. The smallest absolute Gasteiger partial charge is 0.227 e. The van der Waals surface area contributed by atoms with Crippen molar-refractivity contribution in [1.29, 1.82) is 0 Å². The van der Waals surface area contributed by atoms with Gasteiger partial charge in [0, 0.05) is 37.8 Å². The number of aromatic nitrogens is 2. The van der Waals surface area contributed by atoms with Crippen molar-refractivity contribution >= 4 is 11.7 Å². The second-order valence-corrected chi connectivity index (χ2v) is 6.29. The molecule has 1 atom stereocenters. The summed E-state index contributed by atoms with van der Waals surface area (Å²) in [6.45, 7) is 2.58. The zero-order valence-corrected chi connectivity index (χ0v) is 14.5. The van der Waals surface area contributed by atoms with Gasteiger partial charge in [-0.3, -0.25) is 4.79 Å². The number of amides is 1. The van der Waals surface area contributed by atoms with Gasteiger partial charge in [-0.2, -0.15) is 0 Å². The van der Waals surface area contributed by atoms with Gasteiger partial charge in [-0.15, -0.1) is 0 Å². The van der Waals surface area contributed by atoms with Crippen molar-refractivity contribution in [3.63, 3.8) is 0 Å². The van der Waals surface area contributed by atoms with E-state index >= 15 is 0 Å². The SMILES string of the molecule is CNc1cc(C[C@H]2COCCN(C(=O)Cc3ccccc3)C2)ncn1. The van der Waals surface area contributed by atoms with Crippen LogP contribution in [0.25, 0.3) is 0 Å². The predicted octanol–water partition coefficient (Wildman–Crippen LogP) is 1.78. The summed E-state index contributed by atoms with van der Waals surface area (Å²) in [6.07, 6.45) is 2.77. The molecule has 0 spiro atoms. The van der Waals surface area contributed by atoms with Gasteiger partial charge in [0.25, 0.3) is 0 Å². The van der Waals surface area contributed by atoms with Crippen molar-refractivity contribution in [2.24, 2.45) is 5.92 Å². The molecule has 1 aliphatic heterocycles. The number of ether oxygens (including phenoxy) is 1. The molecule has 0 saturated carbocycles. The molecule has 132 valence electrons. The first kappa shape index (κ1) is 17.4. The highest BCUT2D eigenvalue weighted by molar-refractivity contribution is 5.78. The quantitative estimate of drug-likeness (QED) is 0.899. The fourth-order valence-corrected chi connectivity index (χ4v) is 3.05. The van der Waals surface area contributed by atoms with Gasteiger partial charge < -0.3 is 15.0 Å². The lowest BCUT2D eigenvalue weighted by molar-refractivity contribution is -0.130. The molecule has 0 radical (unpaired) electrons. The molecular formula is C19H24N4O2. The molecule has 0 aliphatic carbocycles. The second-order valence-electron chi connectivity index (χ2n) is 6.29. The Morgan fingerprint density at radius 1 is 1.32 bits per heavy atom. The summed E-state index contributed by atoms with van der Waals surface area (Å²) in [5.41, 5.74) is 2.01. The normalized spacial score (nSPS) is 17.8. The van der Waals surface area contributed by atoms with E-state index in [0.717, 1.165) is 23.5 Å². The molecule has 0 bridgehead atoms. The van der Waals surface area contributed by atoms with E-state index in [-0.39, 0.29) is 11.8 Å². The van der Waals surface area contributed by atoms with Crippen LogP contribution in [0.3, 0.4) is 0 Å². The second kappa shape index (κ2) is 8.58. The average molecular weight is 340 g/mol. The first-order chi connectivity index (χ1) is 12.2. The van der Waals surface area contributed by atoms with Gasteiger partial charge in [0.2, 0.25) is 5.91 Å². The van der Waals surface area contributed by atoms with Gasteiger partial charge in [0.1, 0.15) is 12.1 Å². The third kappa shape index (κ3) is 5.00. The summed E-state index contributed by atoms with van der Waals surface area (Å²) in [7, 11) is 1.84. The van der Waals surface area contributed by atoms with Crippen LogP contribution in [0.5, 0.6) is 0 Å². The fourth-order valence-electron chi connectivity index (χ4n) is 3.05. The molecule has 6 nitrogen and oxygen atoms in total. The van der Waals surface area contributed by atoms with E-state index in [1.165, 1.54) is 0 Å². The van der Waals surface area contributed by atoms with E-state index in [9.17, 15) is 4.79 Å². The molecule has 1 fully saturated rings. The molecule has 25 heavy (non-hydrogen) atoms. The zero-order valence-electron chi connectivity index (χ0n) is 14.5. The minimum atomic E-state index is 0.153. The summed E-state index contributed by atoms with van der Waals surface area (Å²) in [6, 6.07) is 11.8. The van der Waals surface area contributed by atoms with E-state index in [2.05, 4.69) is 15.3 Å². The van der Waals surface area contributed by atoms with E-state index < -0.39 is 0 Å². The fraction of sp³-hybridized carbons (Fsp3) is 0.421. The van der Waals surface area contributed by atoms with Crippen LogP contribution in [-0.4, -0.2) is 54.1 Å². The Balaban J connectivity index is 1.62. The van der Waals surface area contributed by atoms with Crippen molar-refractivity contribution in [1.82, 2.24) is 14.9 Å². The lowest BCUT2D eigenvalue weighted by Crippen LogP contribution is -2.37. The van der Waals surface area contributed by atoms with Crippen LogP contribution in [-0.2, 0) is 22.4 Å². The van der Waals surface area contributed by atoms with E-state index in [1.807, 2.05) is 48.3 Å². The highest BCUT2D eigenvalue weighted by Gasteiger charge is 2.23. The third-order valence-electron chi connectivity index (χ3n) is 4.37. The molecule has 1 saturated heterocycles. The highest BCUT2D eigenvalue weighted by atomic mass is 16.5. The van der Waals surface area contributed by atoms with Crippen LogP contribution in [0.2, 0.25) is 0 Å². The van der Waals surface area contributed by atoms with Crippen LogP contribution in [0.1, 0.15) is 11.3 Å². The highest BCUT2D eigenvalue weighted by Crippen LogP contribution is 2.15. The van der Waals surface area contributed by atoms with Crippen molar-refractivity contribution in [3.8, 4) is 0 Å². The summed E-state index contributed by atoms with van der Waals surface area (Å²) < 4.78 is 5.71. The summed E-state index contributed by atoms with van der Waals surface area (Å²) in [4.78, 5) is 23.1. The number of hydrogen-bond acceptors (Lipinski definition) is 5. The Morgan fingerprint density at radius 3 is 2.96 bits per heavy atom. The van der Waals surface area contributed by atoms with Gasteiger partial charge in [-0.05, 0) is 12.0 Å². The standard InChI is InChI=1S/C19H24N4O2/c1-20-18-11-17(21-14-22-18)9-16-12-23(7-8-25-13-16)19(24)10-15-5-3-2-4-6-15/h2-6,11,14,16H,7-10,12-13H2,1H3,(H,20,21,22)/t16-/m1/s1. The lowest BCUT2D eigenvalue weighted by atomic mass is 10.0. The van der Waals surface area contributed by atoms with Crippen molar-refractivity contribution in [3.05, 3.63) is 54.0 Å². The van der Waals surface area contributed by atoms with E-state index in [1.54, 1.807) is 6.33 Å². The predicted molar refractivity (Wildman–Crippen MR) is 96.3 cm³/mol. The molecule has 1 aromatic carbocycles. The maximum atomic E-state index is 12.7. The maximum absolute atomic E-state index is 12.7. The summed E-state index contributed by atoms with van der Waals surface area (Å²) in [5, 5.41) is 3.02. The van der Waals surface area contributed by atoms with Crippen LogP contribution in [0.15, 0.2) is 42.7 Å². The minimum absolute atomic E-state index is 0.153. The van der Waals surface area contributed by atoms with Crippen molar-refractivity contribution in [2.45, 2.75) is 12.8 Å². The number of carbonyl (C=O) groups excluding carboxylic acids is 1.